The second kappa shape index (κ2) is 17.8. The van der Waals surface area contributed by atoms with Gasteiger partial charge in [0.25, 0.3) is 0 Å². The first-order valence-corrected chi connectivity index (χ1v) is 16.4. The molecule has 0 aromatic heterocycles. The van der Waals surface area contributed by atoms with Crippen LogP contribution in [0.4, 0.5) is 0 Å². The van der Waals surface area contributed by atoms with Gasteiger partial charge >= 0.3 is 21.7 Å². The second-order valence-electron chi connectivity index (χ2n) is 11.1. The quantitative estimate of drug-likeness (QED) is 0.0937. The molecule has 0 heterocycles. The van der Waals surface area contributed by atoms with Gasteiger partial charge in [0.15, 0.2) is 34.5 Å². The van der Waals surface area contributed by atoms with E-state index in [1.54, 1.807) is 42.7 Å². The van der Waals surface area contributed by atoms with E-state index >= 15 is 0 Å². The Labute approximate surface area is 315 Å². The van der Waals surface area contributed by atoms with Gasteiger partial charge in [0, 0.05) is 0 Å². The zero-order valence-corrected chi connectivity index (χ0v) is 34.4. The molecule has 0 saturated carbocycles. The van der Waals surface area contributed by atoms with Crippen LogP contribution in [0.15, 0.2) is 36.4 Å². The fourth-order valence-electron chi connectivity index (χ4n) is 7.01. The van der Waals surface area contributed by atoms with E-state index in [0.717, 1.165) is 32.3 Å². The van der Waals surface area contributed by atoms with Crippen LogP contribution >= 0.6 is 0 Å². The minimum absolute atomic E-state index is 0. The second-order valence-corrected chi connectivity index (χ2v) is 14.6. The number of methoxy groups -OCH3 is 6. The predicted molar refractivity (Wildman–Crippen MR) is 178 cm³/mol. The first-order chi connectivity index (χ1) is 20.5. The number of rotatable bonds is 10. The normalized spacial score (nSPS) is 10.4. The van der Waals surface area contributed by atoms with Crippen LogP contribution in [0.1, 0.15) is 38.9 Å². The molecule has 0 aliphatic rings. The van der Waals surface area contributed by atoms with Gasteiger partial charge < -0.3 is 65.6 Å². The van der Waals surface area contributed by atoms with Crippen molar-refractivity contribution in [2.24, 2.45) is 0 Å². The molecule has 4 aromatic carbocycles. The molecular weight excluding hydrogens is 711 g/mol. The molecule has 0 spiro atoms. The zero-order chi connectivity index (χ0) is 31.8. The van der Waals surface area contributed by atoms with E-state index in [9.17, 15) is 0 Å². The van der Waals surface area contributed by atoms with E-state index < -0.39 is 8.07 Å². The maximum absolute atomic E-state index is 6.34. The van der Waals surface area contributed by atoms with Gasteiger partial charge in [-0.05, 0) is 71.2 Å². The Bertz CT molecular complexity index is 1510. The Balaban J connectivity index is 0.00000529. The third-order valence-corrected chi connectivity index (χ3v) is 14.8. The summed E-state index contributed by atoms with van der Waals surface area (Å²) in [5.41, 5.74) is 8.24. The third kappa shape index (κ3) is 6.90. The van der Waals surface area contributed by atoms with E-state index in [2.05, 4.69) is 66.7 Å². The van der Waals surface area contributed by atoms with Crippen molar-refractivity contribution in [1.29, 1.82) is 0 Å². The molecule has 0 N–H and O–H groups in total. The number of ether oxygens (including phenoxy) is 6. The van der Waals surface area contributed by atoms with Gasteiger partial charge in [-0.2, -0.15) is 22.3 Å². The molecule has 0 unspecified atom stereocenters. The summed E-state index contributed by atoms with van der Waals surface area (Å²) < 4.78 is 36.9. The first kappa shape index (κ1) is 44.6. The largest absolute Gasteiger partial charge is 4.00 e. The molecule has 0 amide bonds. The minimum Gasteiger partial charge on any atom is -1.00 e. The van der Waals surface area contributed by atoms with Crippen LogP contribution in [0.25, 0.3) is 0 Å². The van der Waals surface area contributed by atoms with Crippen LogP contribution in [0.2, 0.25) is 0 Å². The maximum atomic E-state index is 6.34. The fourth-order valence-corrected chi connectivity index (χ4v) is 13.7. The number of hydrogen-bond acceptors (Lipinski definition) is 6. The monoisotopic (exact) mass is 754 g/mol. The van der Waals surface area contributed by atoms with Crippen molar-refractivity contribution in [2.75, 3.05) is 42.7 Å². The molecule has 4 rings (SSSR count). The Morgan fingerprint density at radius 1 is 0.426 bits per heavy atom. The van der Waals surface area contributed by atoms with Crippen LogP contribution < -0.4 is 86.4 Å². The van der Waals surface area contributed by atoms with Crippen molar-refractivity contribution in [3.8, 4) is 34.5 Å². The average molecular weight is 756 g/mol. The van der Waals surface area contributed by atoms with E-state index in [-0.39, 0.29) is 58.9 Å². The van der Waals surface area contributed by atoms with Crippen LogP contribution in [-0.4, -0.2) is 50.7 Å². The molecule has 0 radical (unpaired) electrons. The molecule has 0 aliphatic heterocycles. The Kier molecular flexibility index (Phi) is 16.9. The SMILES string of the molecule is COc1ccc(C)c([Si](c2c(C)ccc(OC)c2OC)(c2c(C)ccc(OC)c2OC)[c-]2c(C)c(C)c(C)c2C)c1OC.[Cl-].[Cl-].[Cl-].[Ti+4]. The Morgan fingerprint density at radius 3 is 0.894 bits per heavy atom. The molecule has 0 atom stereocenters. The number of benzene rings is 3. The summed E-state index contributed by atoms with van der Waals surface area (Å²) in [6.07, 6.45) is 0. The number of hydrogen-bond donors (Lipinski definition) is 0. The summed E-state index contributed by atoms with van der Waals surface area (Å²) in [6, 6.07) is 12.3. The standard InChI is InChI=1S/C36H45O6Si.3ClH.Ti/c1-20-14-17-27(37-8)30(40-11)33(20)43(36-25(6)23(4)24(5)26(36)7,34-21(2)15-18-28(38-9)31(34)41-12)35-22(3)16-19-29(39-10)32(35)42-13;;;;/h14-19H,1-13H3;3*1H;/q-1;;;;+4/p-3. The van der Waals surface area contributed by atoms with Crippen molar-refractivity contribution >= 4 is 28.8 Å². The Morgan fingerprint density at radius 2 is 0.681 bits per heavy atom. The fraction of sp³-hybridized carbons (Fsp3) is 0.361. The van der Waals surface area contributed by atoms with Gasteiger partial charge in [-0.1, -0.05) is 45.9 Å². The molecule has 4 aromatic rings. The molecule has 11 heteroatoms. The van der Waals surface area contributed by atoms with Crippen LogP contribution in [0.3, 0.4) is 0 Å². The van der Waals surface area contributed by atoms with Crippen LogP contribution in [0.5, 0.6) is 34.5 Å². The number of aryl methyl sites for hydroxylation is 3. The van der Waals surface area contributed by atoms with Gasteiger partial charge in [-0.25, -0.2) is 0 Å². The molecule has 0 saturated heterocycles. The van der Waals surface area contributed by atoms with Crippen molar-refractivity contribution < 1.29 is 87.4 Å². The summed E-state index contributed by atoms with van der Waals surface area (Å²) in [5, 5.41) is 4.46. The van der Waals surface area contributed by atoms with Gasteiger partial charge in [0.05, 0.1) is 42.7 Å². The van der Waals surface area contributed by atoms with Crippen molar-refractivity contribution in [1.82, 2.24) is 0 Å². The maximum Gasteiger partial charge on any atom is 4.00 e. The molecule has 6 nitrogen and oxygen atoms in total. The van der Waals surface area contributed by atoms with Crippen molar-refractivity contribution in [2.45, 2.75) is 48.5 Å². The summed E-state index contributed by atoms with van der Waals surface area (Å²) in [4.78, 5) is 0. The summed E-state index contributed by atoms with van der Waals surface area (Å²) >= 11 is 0. The smallest absolute Gasteiger partial charge is 1.00 e. The van der Waals surface area contributed by atoms with E-state index in [1.807, 2.05) is 18.2 Å². The summed E-state index contributed by atoms with van der Waals surface area (Å²) in [6.45, 7) is 15.3. The molecule has 0 fully saturated rings. The number of halogens is 3. The minimum atomic E-state index is -3.49. The van der Waals surface area contributed by atoms with Gasteiger partial charge in [-0.3, -0.25) is 0 Å². The molecule has 0 bridgehead atoms. The van der Waals surface area contributed by atoms with Crippen molar-refractivity contribution in [3.63, 3.8) is 0 Å². The van der Waals surface area contributed by atoms with Crippen molar-refractivity contribution in [3.05, 3.63) is 75.3 Å². The molecular formula is C36H45Cl3O6SiTi. The first-order valence-electron chi connectivity index (χ1n) is 14.4. The Hall–Kier alpha value is -2.39. The van der Waals surface area contributed by atoms with Crippen LogP contribution in [0, 0.1) is 48.5 Å². The average Bonchev–Trinajstić information content (AvgIpc) is 3.20. The van der Waals surface area contributed by atoms with Gasteiger partial charge in [0.1, 0.15) is 8.07 Å². The van der Waals surface area contributed by atoms with E-state index in [1.165, 1.54) is 27.4 Å². The van der Waals surface area contributed by atoms with Crippen LogP contribution in [-0.2, 0) is 21.7 Å². The third-order valence-electron chi connectivity index (χ3n) is 9.20. The summed E-state index contributed by atoms with van der Waals surface area (Å²) in [7, 11) is 6.70. The topological polar surface area (TPSA) is 55.4 Å². The zero-order valence-electron chi connectivity index (χ0n) is 29.5. The predicted octanol–water partition coefficient (Wildman–Crippen LogP) is -4.00. The van der Waals surface area contributed by atoms with Gasteiger partial charge in [-0.15, -0.1) is 5.19 Å². The molecule has 0 aliphatic carbocycles. The van der Waals surface area contributed by atoms with E-state index in [4.69, 9.17) is 28.4 Å². The van der Waals surface area contributed by atoms with Gasteiger partial charge in [0.2, 0.25) is 0 Å². The summed E-state index contributed by atoms with van der Waals surface area (Å²) in [5.74, 6) is 4.06. The molecule has 254 valence electrons. The van der Waals surface area contributed by atoms with E-state index in [0.29, 0.717) is 34.5 Å². The molecule has 47 heavy (non-hydrogen) atoms.